The van der Waals surface area contributed by atoms with Crippen LogP contribution >= 0.6 is 0 Å². The SMILES string of the molecule is O=C(NC(Cc1ccc(O)cc1)C(=O)O)C1CCNC1. The van der Waals surface area contributed by atoms with E-state index in [4.69, 9.17) is 0 Å². The van der Waals surface area contributed by atoms with Crippen LogP contribution in [-0.2, 0) is 16.0 Å². The summed E-state index contributed by atoms with van der Waals surface area (Å²) < 4.78 is 0. The number of aliphatic carboxylic acids is 1. The van der Waals surface area contributed by atoms with Gasteiger partial charge < -0.3 is 20.8 Å². The van der Waals surface area contributed by atoms with Crippen molar-refractivity contribution in [3.63, 3.8) is 0 Å². The maximum absolute atomic E-state index is 12.0. The van der Waals surface area contributed by atoms with E-state index in [2.05, 4.69) is 10.6 Å². The van der Waals surface area contributed by atoms with Crippen LogP contribution in [0.25, 0.3) is 0 Å². The van der Waals surface area contributed by atoms with E-state index in [1.54, 1.807) is 12.1 Å². The first-order valence-electron chi connectivity index (χ1n) is 6.58. The smallest absolute Gasteiger partial charge is 0.326 e. The average Bonchev–Trinajstić information content (AvgIpc) is 2.94. The first-order valence-corrected chi connectivity index (χ1v) is 6.58. The molecule has 1 saturated heterocycles. The number of carbonyl (C=O) groups is 2. The number of phenolic OH excluding ortho intramolecular Hbond substituents is 1. The summed E-state index contributed by atoms with van der Waals surface area (Å²) in [5, 5.41) is 24.1. The van der Waals surface area contributed by atoms with Crippen molar-refractivity contribution in [2.24, 2.45) is 5.92 Å². The molecule has 0 bridgehead atoms. The lowest BCUT2D eigenvalue weighted by Crippen LogP contribution is -2.45. The van der Waals surface area contributed by atoms with E-state index in [1.807, 2.05) is 0 Å². The van der Waals surface area contributed by atoms with Gasteiger partial charge in [-0.15, -0.1) is 0 Å². The number of hydrogen-bond acceptors (Lipinski definition) is 4. The van der Waals surface area contributed by atoms with Gasteiger partial charge >= 0.3 is 5.97 Å². The molecule has 1 aromatic carbocycles. The number of amides is 1. The van der Waals surface area contributed by atoms with Crippen molar-refractivity contribution in [3.05, 3.63) is 29.8 Å². The van der Waals surface area contributed by atoms with E-state index in [1.165, 1.54) is 12.1 Å². The van der Waals surface area contributed by atoms with E-state index in [-0.39, 0.29) is 24.0 Å². The van der Waals surface area contributed by atoms with Crippen LogP contribution in [0.15, 0.2) is 24.3 Å². The third kappa shape index (κ3) is 3.71. The Morgan fingerprint density at radius 2 is 2.05 bits per heavy atom. The number of carboxylic acid groups (broad SMARTS) is 1. The summed E-state index contributed by atoms with van der Waals surface area (Å²) in [6.07, 6.45) is 0.929. The highest BCUT2D eigenvalue weighted by Gasteiger charge is 2.27. The predicted molar refractivity (Wildman–Crippen MR) is 72.4 cm³/mol. The van der Waals surface area contributed by atoms with Gasteiger partial charge in [0.05, 0.1) is 5.92 Å². The van der Waals surface area contributed by atoms with Gasteiger partial charge in [-0.05, 0) is 30.7 Å². The molecule has 20 heavy (non-hydrogen) atoms. The summed E-state index contributed by atoms with van der Waals surface area (Å²) in [7, 11) is 0. The van der Waals surface area contributed by atoms with Crippen molar-refractivity contribution in [3.8, 4) is 5.75 Å². The Kier molecular flexibility index (Phi) is 4.57. The zero-order valence-electron chi connectivity index (χ0n) is 11.0. The van der Waals surface area contributed by atoms with Crippen molar-refractivity contribution >= 4 is 11.9 Å². The Bertz CT molecular complexity index is 480. The Labute approximate surface area is 116 Å². The summed E-state index contributed by atoms with van der Waals surface area (Å²) >= 11 is 0. The van der Waals surface area contributed by atoms with Gasteiger partial charge in [-0.1, -0.05) is 12.1 Å². The molecular formula is C14H18N2O4. The molecule has 1 amide bonds. The molecule has 6 heteroatoms. The van der Waals surface area contributed by atoms with Crippen molar-refractivity contribution < 1.29 is 19.8 Å². The van der Waals surface area contributed by atoms with Crippen LogP contribution in [0.4, 0.5) is 0 Å². The largest absolute Gasteiger partial charge is 0.508 e. The van der Waals surface area contributed by atoms with Gasteiger partial charge in [0.1, 0.15) is 11.8 Å². The van der Waals surface area contributed by atoms with Gasteiger partial charge in [0, 0.05) is 13.0 Å². The molecular weight excluding hydrogens is 260 g/mol. The summed E-state index contributed by atoms with van der Waals surface area (Å²) in [4.78, 5) is 23.2. The van der Waals surface area contributed by atoms with Crippen LogP contribution in [0.1, 0.15) is 12.0 Å². The number of carbonyl (C=O) groups excluding carboxylic acids is 1. The fourth-order valence-electron chi connectivity index (χ4n) is 2.24. The predicted octanol–water partition coefficient (Wildman–Crippen LogP) is 0.114. The minimum absolute atomic E-state index is 0.127. The van der Waals surface area contributed by atoms with Crippen LogP contribution in [0, 0.1) is 5.92 Å². The molecule has 2 rings (SSSR count). The third-order valence-corrected chi connectivity index (χ3v) is 3.42. The lowest BCUT2D eigenvalue weighted by Gasteiger charge is -2.17. The normalized spacial score (nSPS) is 19.5. The van der Waals surface area contributed by atoms with Gasteiger partial charge in [0.2, 0.25) is 5.91 Å². The zero-order valence-corrected chi connectivity index (χ0v) is 11.0. The molecule has 0 radical (unpaired) electrons. The Balaban J connectivity index is 1.98. The van der Waals surface area contributed by atoms with Gasteiger partial charge in [-0.3, -0.25) is 4.79 Å². The summed E-state index contributed by atoms with van der Waals surface area (Å²) in [6.45, 7) is 1.38. The van der Waals surface area contributed by atoms with Crippen molar-refractivity contribution in [2.45, 2.75) is 18.9 Å². The van der Waals surface area contributed by atoms with Gasteiger partial charge in [0.25, 0.3) is 0 Å². The van der Waals surface area contributed by atoms with Crippen LogP contribution in [-0.4, -0.2) is 41.2 Å². The number of nitrogens with one attached hydrogen (secondary N) is 2. The highest BCUT2D eigenvalue weighted by atomic mass is 16.4. The molecule has 0 saturated carbocycles. The molecule has 0 aliphatic carbocycles. The molecule has 6 nitrogen and oxygen atoms in total. The molecule has 108 valence electrons. The zero-order chi connectivity index (χ0) is 14.5. The molecule has 0 aromatic heterocycles. The number of carboxylic acids is 1. The van der Waals surface area contributed by atoms with Crippen LogP contribution in [0.5, 0.6) is 5.75 Å². The van der Waals surface area contributed by atoms with E-state index in [0.29, 0.717) is 6.54 Å². The molecule has 1 fully saturated rings. The van der Waals surface area contributed by atoms with E-state index >= 15 is 0 Å². The average molecular weight is 278 g/mol. The third-order valence-electron chi connectivity index (χ3n) is 3.42. The second kappa shape index (κ2) is 6.38. The quantitative estimate of drug-likeness (QED) is 0.613. The number of phenols is 1. The lowest BCUT2D eigenvalue weighted by molar-refractivity contribution is -0.142. The number of rotatable bonds is 5. The Morgan fingerprint density at radius 3 is 2.60 bits per heavy atom. The van der Waals surface area contributed by atoms with Gasteiger partial charge in [-0.2, -0.15) is 0 Å². The van der Waals surface area contributed by atoms with E-state index in [9.17, 15) is 19.8 Å². The molecule has 2 unspecified atom stereocenters. The molecule has 1 aliphatic heterocycles. The molecule has 1 aromatic rings. The van der Waals surface area contributed by atoms with Crippen molar-refractivity contribution in [1.82, 2.24) is 10.6 Å². The van der Waals surface area contributed by atoms with Gasteiger partial charge in [0.15, 0.2) is 0 Å². The first kappa shape index (κ1) is 14.3. The first-order chi connectivity index (χ1) is 9.56. The summed E-state index contributed by atoms with van der Waals surface area (Å²) in [5.74, 6) is -1.31. The van der Waals surface area contributed by atoms with Crippen molar-refractivity contribution in [1.29, 1.82) is 0 Å². The van der Waals surface area contributed by atoms with E-state index in [0.717, 1.165) is 18.5 Å². The molecule has 4 N–H and O–H groups in total. The maximum Gasteiger partial charge on any atom is 0.326 e. The number of hydrogen-bond donors (Lipinski definition) is 4. The number of benzene rings is 1. The Hall–Kier alpha value is -2.08. The minimum Gasteiger partial charge on any atom is -0.508 e. The fourth-order valence-corrected chi connectivity index (χ4v) is 2.24. The molecule has 1 aliphatic rings. The molecule has 0 spiro atoms. The highest BCUT2D eigenvalue weighted by Crippen LogP contribution is 2.12. The number of aromatic hydroxyl groups is 1. The van der Waals surface area contributed by atoms with Crippen LogP contribution in [0.2, 0.25) is 0 Å². The maximum atomic E-state index is 12.0. The molecule has 2 atom stereocenters. The lowest BCUT2D eigenvalue weighted by atomic mass is 10.0. The second-order valence-electron chi connectivity index (χ2n) is 4.96. The second-order valence-corrected chi connectivity index (χ2v) is 4.96. The standard InChI is InChI=1S/C14H18N2O4/c17-11-3-1-9(2-4-11)7-12(14(19)20)16-13(18)10-5-6-15-8-10/h1-4,10,12,15,17H,5-8H2,(H,16,18)(H,19,20). The van der Waals surface area contributed by atoms with Gasteiger partial charge in [-0.25, -0.2) is 4.79 Å². The topological polar surface area (TPSA) is 98.7 Å². The highest BCUT2D eigenvalue weighted by molar-refractivity contribution is 5.85. The minimum atomic E-state index is -1.06. The molecule has 1 heterocycles. The monoisotopic (exact) mass is 278 g/mol. The summed E-state index contributed by atoms with van der Waals surface area (Å²) in [5.41, 5.74) is 0.750. The van der Waals surface area contributed by atoms with Crippen LogP contribution in [0.3, 0.4) is 0 Å². The van der Waals surface area contributed by atoms with Crippen molar-refractivity contribution in [2.75, 3.05) is 13.1 Å². The fraction of sp³-hybridized carbons (Fsp3) is 0.429. The van der Waals surface area contributed by atoms with E-state index < -0.39 is 12.0 Å². The van der Waals surface area contributed by atoms with Crippen LogP contribution < -0.4 is 10.6 Å². The Morgan fingerprint density at radius 1 is 1.35 bits per heavy atom. The summed E-state index contributed by atoms with van der Waals surface area (Å²) in [6, 6.07) is 5.34.